The largest absolute Gasteiger partial charge is 0.495 e. The van der Waals surface area contributed by atoms with Crippen molar-refractivity contribution in [2.45, 2.75) is 13.1 Å². The fourth-order valence-electron chi connectivity index (χ4n) is 2.08. The molecule has 0 radical (unpaired) electrons. The van der Waals surface area contributed by atoms with Crippen molar-refractivity contribution < 1.29 is 4.74 Å². The normalized spacial score (nSPS) is 10.3. The summed E-state index contributed by atoms with van der Waals surface area (Å²) in [5, 5.41) is 9.09. The lowest BCUT2D eigenvalue weighted by Gasteiger charge is -2.16. The third kappa shape index (κ3) is 3.56. The molecule has 0 saturated carbocycles. The lowest BCUT2D eigenvalue weighted by molar-refractivity contribution is 0.315. The first-order valence-electron chi connectivity index (χ1n) is 6.38. The van der Waals surface area contributed by atoms with E-state index in [1.165, 1.54) is 0 Å². The number of nitriles is 1. The Bertz CT molecular complexity index is 605. The quantitative estimate of drug-likeness (QED) is 0.835. The van der Waals surface area contributed by atoms with Crippen LogP contribution in [0.5, 0.6) is 5.75 Å². The molecule has 0 fully saturated rings. The van der Waals surface area contributed by atoms with Gasteiger partial charge in [0.05, 0.1) is 18.4 Å². The molecule has 0 aliphatic carbocycles. The van der Waals surface area contributed by atoms with E-state index >= 15 is 0 Å². The molecule has 2 rings (SSSR count). The van der Waals surface area contributed by atoms with E-state index in [0.29, 0.717) is 11.3 Å². The van der Waals surface area contributed by atoms with Crippen LogP contribution < -0.4 is 4.74 Å². The number of hydrogen-bond acceptors (Lipinski definition) is 4. The number of nitrogens with zero attached hydrogens (tertiary/aromatic N) is 3. The van der Waals surface area contributed by atoms with Crippen molar-refractivity contribution >= 4 is 0 Å². The van der Waals surface area contributed by atoms with Crippen molar-refractivity contribution in [1.82, 2.24) is 9.88 Å². The van der Waals surface area contributed by atoms with E-state index in [0.717, 1.165) is 24.3 Å². The van der Waals surface area contributed by atoms with Gasteiger partial charge in [-0.2, -0.15) is 5.26 Å². The maximum atomic E-state index is 9.09. The molecular weight excluding hydrogens is 250 g/mol. The van der Waals surface area contributed by atoms with Gasteiger partial charge in [-0.15, -0.1) is 0 Å². The number of ether oxygens (including phenoxy) is 1. The minimum atomic E-state index is 0.566. The monoisotopic (exact) mass is 267 g/mol. The third-order valence-corrected chi connectivity index (χ3v) is 2.99. The molecule has 20 heavy (non-hydrogen) atoms. The Kier molecular flexibility index (Phi) is 4.70. The van der Waals surface area contributed by atoms with E-state index in [-0.39, 0.29) is 0 Å². The Morgan fingerprint density at radius 3 is 2.75 bits per heavy atom. The van der Waals surface area contributed by atoms with E-state index in [4.69, 9.17) is 10.00 Å². The van der Waals surface area contributed by atoms with Crippen LogP contribution in [0.4, 0.5) is 0 Å². The summed E-state index contributed by atoms with van der Waals surface area (Å²) in [7, 11) is 3.61. The predicted molar refractivity (Wildman–Crippen MR) is 77.1 cm³/mol. The van der Waals surface area contributed by atoms with Crippen LogP contribution >= 0.6 is 0 Å². The summed E-state index contributed by atoms with van der Waals surface area (Å²) < 4.78 is 5.15. The summed E-state index contributed by atoms with van der Waals surface area (Å²) in [6, 6.07) is 13.7. The summed E-state index contributed by atoms with van der Waals surface area (Å²) in [4.78, 5) is 6.47. The Labute approximate surface area is 119 Å². The molecule has 1 heterocycles. The van der Waals surface area contributed by atoms with Crippen LogP contribution in [-0.4, -0.2) is 24.0 Å². The van der Waals surface area contributed by atoms with Crippen LogP contribution in [0.15, 0.2) is 42.6 Å². The summed E-state index contributed by atoms with van der Waals surface area (Å²) in [5.41, 5.74) is 2.68. The Morgan fingerprint density at radius 2 is 2.10 bits per heavy atom. The fourth-order valence-corrected chi connectivity index (χ4v) is 2.08. The van der Waals surface area contributed by atoms with Crippen LogP contribution in [-0.2, 0) is 13.1 Å². The highest BCUT2D eigenvalue weighted by Crippen LogP contribution is 2.19. The molecule has 0 unspecified atom stereocenters. The molecule has 2 aromatic rings. The smallest absolute Gasteiger partial charge is 0.136 e. The molecule has 102 valence electrons. The van der Waals surface area contributed by atoms with Gasteiger partial charge in [-0.1, -0.05) is 12.1 Å². The highest BCUT2D eigenvalue weighted by Gasteiger charge is 2.06. The highest BCUT2D eigenvalue weighted by molar-refractivity contribution is 5.45. The summed E-state index contributed by atoms with van der Waals surface area (Å²) >= 11 is 0. The zero-order valence-electron chi connectivity index (χ0n) is 11.7. The first-order chi connectivity index (χ1) is 9.72. The molecule has 1 aromatic heterocycles. The average Bonchev–Trinajstić information content (AvgIpc) is 2.48. The van der Waals surface area contributed by atoms with Gasteiger partial charge in [0.25, 0.3) is 0 Å². The summed E-state index contributed by atoms with van der Waals surface area (Å²) in [6.07, 6.45) is 1.80. The van der Waals surface area contributed by atoms with Crippen molar-refractivity contribution in [3.8, 4) is 11.8 Å². The van der Waals surface area contributed by atoms with Crippen molar-refractivity contribution in [2.24, 2.45) is 0 Å². The molecule has 0 aliphatic rings. The molecule has 0 spiro atoms. The standard InChI is InChI=1S/C16H17N3O/c1-19(12-15-5-3-4-8-18-15)11-13-6-7-16(20-2)14(9-13)10-17/h3-9H,11-12H2,1-2H3. The second-order valence-corrected chi connectivity index (χ2v) is 4.64. The second-order valence-electron chi connectivity index (χ2n) is 4.64. The van der Waals surface area contributed by atoms with E-state index in [2.05, 4.69) is 16.0 Å². The highest BCUT2D eigenvalue weighted by atomic mass is 16.5. The molecule has 0 aliphatic heterocycles. The molecular formula is C16H17N3O. The fraction of sp³-hybridized carbons (Fsp3) is 0.250. The van der Waals surface area contributed by atoms with E-state index in [9.17, 15) is 0 Å². The SMILES string of the molecule is COc1ccc(CN(C)Cc2ccccn2)cc1C#N. The topological polar surface area (TPSA) is 49.1 Å². The number of benzene rings is 1. The number of methoxy groups -OCH3 is 1. The van der Waals surface area contributed by atoms with Crippen molar-refractivity contribution in [3.05, 3.63) is 59.4 Å². The van der Waals surface area contributed by atoms with E-state index in [1.54, 1.807) is 13.3 Å². The van der Waals surface area contributed by atoms with Crippen molar-refractivity contribution in [1.29, 1.82) is 5.26 Å². The lowest BCUT2D eigenvalue weighted by atomic mass is 10.1. The predicted octanol–water partition coefficient (Wildman–Crippen LogP) is 2.59. The van der Waals surface area contributed by atoms with Gasteiger partial charge < -0.3 is 4.74 Å². The maximum absolute atomic E-state index is 9.09. The molecule has 0 atom stereocenters. The zero-order chi connectivity index (χ0) is 14.4. The van der Waals surface area contributed by atoms with Crippen molar-refractivity contribution in [3.63, 3.8) is 0 Å². The van der Waals surface area contributed by atoms with Gasteiger partial charge in [0, 0.05) is 19.3 Å². The molecule has 1 aromatic carbocycles. The summed E-state index contributed by atoms with van der Waals surface area (Å²) in [6.45, 7) is 1.53. The Hall–Kier alpha value is -2.38. The second kappa shape index (κ2) is 6.69. The Balaban J connectivity index is 2.05. The van der Waals surface area contributed by atoms with Crippen LogP contribution in [0, 0.1) is 11.3 Å². The van der Waals surface area contributed by atoms with Gasteiger partial charge in [0.1, 0.15) is 11.8 Å². The minimum absolute atomic E-state index is 0.566. The van der Waals surface area contributed by atoms with Gasteiger partial charge in [-0.25, -0.2) is 0 Å². The van der Waals surface area contributed by atoms with Gasteiger partial charge in [-0.3, -0.25) is 9.88 Å². The molecule has 0 amide bonds. The molecule has 4 nitrogen and oxygen atoms in total. The van der Waals surface area contributed by atoms with Crippen molar-refractivity contribution in [2.75, 3.05) is 14.2 Å². The van der Waals surface area contributed by atoms with Crippen LogP contribution in [0.1, 0.15) is 16.8 Å². The molecule has 0 N–H and O–H groups in total. The average molecular weight is 267 g/mol. The van der Waals surface area contributed by atoms with Crippen LogP contribution in [0.3, 0.4) is 0 Å². The number of pyridine rings is 1. The number of aromatic nitrogens is 1. The first-order valence-corrected chi connectivity index (χ1v) is 6.38. The van der Waals surface area contributed by atoms with Gasteiger partial charge >= 0.3 is 0 Å². The van der Waals surface area contributed by atoms with Crippen LogP contribution in [0.25, 0.3) is 0 Å². The van der Waals surface area contributed by atoms with E-state index in [1.807, 2.05) is 43.4 Å². The van der Waals surface area contributed by atoms with Gasteiger partial charge in [0.2, 0.25) is 0 Å². The maximum Gasteiger partial charge on any atom is 0.136 e. The summed E-state index contributed by atoms with van der Waals surface area (Å²) in [5.74, 6) is 0.614. The molecule has 0 saturated heterocycles. The third-order valence-electron chi connectivity index (χ3n) is 2.99. The molecule has 0 bridgehead atoms. The zero-order valence-corrected chi connectivity index (χ0v) is 11.7. The number of hydrogen-bond donors (Lipinski definition) is 0. The lowest BCUT2D eigenvalue weighted by Crippen LogP contribution is -2.18. The minimum Gasteiger partial charge on any atom is -0.495 e. The van der Waals surface area contributed by atoms with Crippen LogP contribution in [0.2, 0.25) is 0 Å². The van der Waals surface area contributed by atoms with Gasteiger partial charge in [-0.05, 0) is 36.9 Å². The number of rotatable bonds is 5. The Morgan fingerprint density at radius 1 is 1.25 bits per heavy atom. The molecule has 4 heteroatoms. The first kappa shape index (κ1) is 14.0. The van der Waals surface area contributed by atoms with E-state index < -0.39 is 0 Å². The van der Waals surface area contributed by atoms with Gasteiger partial charge in [0.15, 0.2) is 0 Å².